The van der Waals surface area contributed by atoms with Gasteiger partial charge in [0.25, 0.3) is 0 Å². The number of aliphatic hydroxyl groups excluding tert-OH is 1. The molecule has 1 aromatic carbocycles. The van der Waals surface area contributed by atoms with Crippen LogP contribution in [0.1, 0.15) is 18.2 Å². The molecule has 0 bridgehead atoms. The number of H-pyrrole nitrogens is 1. The van der Waals surface area contributed by atoms with Crippen LogP contribution in [-0.4, -0.2) is 36.3 Å². The number of hydrogen-bond donors (Lipinski definition) is 4. The lowest BCUT2D eigenvalue weighted by Crippen LogP contribution is -2.23. The standard InChI is InChI=1S/C18H19N5O2S/c24-13-5-4-12(18(25)20-6-2-8-23-9-7-19-11-23)15-16(13)22-17(21-15)14-3-1-10-26-14/h1,3-5,7,9-11,18,20,24-25H,2,6,8H2,(H,21,22). The second kappa shape index (κ2) is 7.28. The fraction of sp³-hybridized carbons (Fsp3) is 0.222. The minimum absolute atomic E-state index is 0.117. The van der Waals surface area contributed by atoms with Crippen LogP contribution < -0.4 is 5.32 Å². The van der Waals surface area contributed by atoms with Gasteiger partial charge in [-0.2, -0.15) is 0 Å². The molecule has 0 amide bonds. The van der Waals surface area contributed by atoms with Crippen LogP contribution in [0.2, 0.25) is 0 Å². The molecule has 4 aromatic rings. The Balaban J connectivity index is 1.50. The summed E-state index contributed by atoms with van der Waals surface area (Å²) >= 11 is 1.57. The van der Waals surface area contributed by atoms with Crippen molar-refractivity contribution in [1.29, 1.82) is 0 Å². The summed E-state index contributed by atoms with van der Waals surface area (Å²) in [7, 11) is 0. The number of nitrogens with zero attached hydrogens (tertiary/aromatic N) is 3. The second-order valence-corrected chi connectivity index (χ2v) is 6.92. The summed E-state index contributed by atoms with van der Waals surface area (Å²) in [6, 6.07) is 7.18. The van der Waals surface area contributed by atoms with Crippen molar-refractivity contribution >= 4 is 22.4 Å². The van der Waals surface area contributed by atoms with E-state index in [1.54, 1.807) is 36.0 Å². The minimum atomic E-state index is -0.861. The Morgan fingerprint density at radius 2 is 2.23 bits per heavy atom. The number of thiophene rings is 1. The zero-order chi connectivity index (χ0) is 17.9. The molecule has 0 spiro atoms. The number of benzene rings is 1. The van der Waals surface area contributed by atoms with Crippen molar-refractivity contribution in [3.05, 3.63) is 53.9 Å². The number of imidazole rings is 2. The third-order valence-corrected chi connectivity index (χ3v) is 5.07. The smallest absolute Gasteiger partial charge is 0.148 e. The molecule has 3 heterocycles. The Morgan fingerprint density at radius 1 is 1.31 bits per heavy atom. The number of phenols is 1. The molecule has 26 heavy (non-hydrogen) atoms. The van der Waals surface area contributed by atoms with Gasteiger partial charge in [-0.05, 0) is 36.5 Å². The van der Waals surface area contributed by atoms with E-state index in [0.717, 1.165) is 17.8 Å². The highest BCUT2D eigenvalue weighted by Gasteiger charge is 2.17. The summed E-state index contributed by atoms with van der Waals surface area (Å²) in [5.74, 6) is 0.802. The Hall–Kier alpha value is -2.68. The molecule has 0 saturated heterocycles. The summed E-state index contributed by atoms with van der Waals surface area (Å²) in [6.45, 7) is 1.47. The Morgan fingerprint density at radius 3 is 3.00 bits per heavy atom. The number of aryl methyl sites for hydroxylation is 1. The molecule has 8 heteroatoms. The number of aromatic nitrogens is 4. The van der Waals surface area contributed by atoms with E-state index in [2.05, 4.69) is 20.3 Å². The van der Waals surface area contributed by atoms with Gasteiger partial charge < -0.3 is 19.8 Å². The molecule has 1 atom stereocenters. The number of rotatable bonds is 7. The predicted octanol–water partition coefficient (Wildman–Crippen LogP) is 2.86. The molecule has 0 saturated carbocycles. The number of phenolic OH excluding ortho intramolecular Hbond substituents is 1. The fourth-order valence-electron chi connectivity index (χ4n) is 2.88. The van der Waals surface area contributed by atoms with Crippen LogP contribution in [0.4, 0.5) is 0 Å². The maximum Gasteiger partial charge on any atom is 0.148 e. The second-order valence-electron chi connectivity index (χ2n) is 5.97. The lowest BCUT2D eigenvalue weighted by Gasteiger charge is -2.14. The van der Waals surface area contributed by atoms with Crippen LogP contribution in [0, 0.1) is 0 Å². The van der Waals surface area contributed by atoms with Crippen LogP contribution in [0.25, 0.3) is 21.7 Å². The lowest BCUT2D eigenvalue weighted by molar-refractivity contribution is 0.140. The first-order chi connectivity index (χ1) is 12.7. The van der Waals surface area contributed by atoms with E-state index in [1.807, 2.05) is 28.3 Å². The Kier molecular flexibility index (Phi) is 4.70. The fourth-order valence-corrected chi connectivity index (χ4v) is 3.55. The van der Waals surface area contributed by atoms with E-state index in [-0.39, 0.29) is 5.75 Å². The highest BCUT2D eigenvalue weighted by Crippen LogP contribution is 2.32. The molecule has 4 N–H and O–H groups in total. The van der Waals surface area contributed by atoms with Crippen molar-refractivity contribution in [2.75, 3.05) is 6.54 Å². The molecular formula is C18H19N5O2S. The monoisotopic (exact) mass is 369 g/mol. The van der Waals surface area contributed by atoms with Crippen molar-refractivity contribution in [2.24, 2.45) is 0 Å². The number of hydrogen-bond acceptors (Lipinski definition) is 6. The van der Waals surface area contributed by atoms with Crippen molar-refractivity contribution < 1.29 is 10.2 Å². The zero-order valence-corrected chi connectivity index (χ0v) is 14.8. The van der Waals surface area contributed by atoms with Crippen LogP contribution >= 0.6 is 11.3 Å². The van der Waals surface area contributed by atoms with Crippen molar-refractivity contribution in [2.45, 2.75) is 19.2 Å². The van der Waals surface area contributed by atoms with E-state index in [0.29, 0.717) is 29.0 Å². The van der Waals surface area contributed by atoms with Crippen LogP contribution in [0.5, 0.6) is 5.75 Å². The SMILES string of the molecule is Oc1ccc(C(O)NCCCn2ccnc2)c2nc(-c3cccs3)[nH]c12. The Labute approximate surface area is 154 Å². The van der Waals surface area contributed by atoms with Gasteiger partial charge >= 0.3 is 0 Å². The summed E-state index contributed by atoms with van der Waals surface area (Å²) in [4.78, 5) is 12.7. The van der Waals surface area contributed by atoms with Gasteiger partial charge in [0.1, 0.15) is 23.3 Å². The molecule has 0 aliphatic carbocycles. The maximum absolute atomic E-state index is 10.5. The Bertz CT molecular complexity index is 979. The van der Waals surface area contributed by atoms with Crippen molar-refractivity contribution in [1.82, 2.24) is 24.8 Å². The van der Waals surface area contributed by atoms with E-state index < -0.39 is 6.23 Å². The van der Waals surface area contributed by atoms with Gasteiger partial charge in [0.15, 0.2) is 0 Å². The third kappa shape index (κ3) is 3.34. The summed E-state index contributed by atoms with van der Waals surface area (Å²) < 4.78 is 1.99. The van der Waals surface area contributed by atoms with Gasteiger partial charge in [0, 0.05) is 24.5 Å². The van der Waals surface area contributed by atoms with Gasteiger partial charge in [0.2, 0.25) is 0 Å². The van der Waals surface area contributed by atoms with E-state index in [1.165, 1.54) is 0 Å². The molecule has 3 aromatic heterocycles. The molecule has 134 valence electrons. The number of nitrogens with one attached hydrogen (secondary N) is 2. The lowest BCUT2D eigenvalue weighted by atomic mass is 10.1. The first-order valence-corrected chi connectivity index (χ1v) is 9.23. The summed E-state index contributed by atoms with van der Waals surface area (Å²) in [5, 5.41) is 25.8. The van der Waals surface area contributed by atoms with Crippen LogP contribution in [0.15, 0.2) is 48.4 Å². The zero-order valence-electron chi connectivity index (χ0n) is 14.0. The molecule has 0 radical (unpaired) electrons. The van der Waals surface area contributed by atoms with Crippen LogP contribution in [-0.2, 0) is 6.54 Å². The average molecular weight is 369 g/mol. The van der Waals surface area contributed by atoms with E-state index in [9.17, 15) is 10.2 Å². The minimum Gasteiger partial charge on any atom is -0.506 e. The number of aromatic hydroxyl groups is 1. The van der Waals surface area contributed by atoms with Crippen molar-refractivity contribution in [3.8, 4) is 16.5 Å². The van der Waals surface area contributed by atoms with Gasteiger partial charge in [-0.25, -0.2) is 9.97 Å². The molecule has 0 aliphatic heterocycles. The third-order valence-electron chi connectivity index (χ3n) is 4.19. The number of fused-ring (bicyclic) bond motifs is 1. The van der Waals surface area contributed by atoms with Gasteiger partial charge in [-0.1, -0.05) is 6.07 Å². The summed E-state index contributed by atoms with van der Waals surface area (Å²) in [5.41, 5.74) is 1.74. The quantitative estimate of drug-likeness (QED) is 0.297. The normalized spacial score (nSPS) is 12.7. The number of aliphatic hydroxyl groups is 1. The van der Waals surface area contributed by atoms with Crippen LogP contribution in [0.3, 0.4) is 0 Å². The maximum atomic E-state index is 10.5. The molecular weight excluding hydrogens is 350 g/mol. The summed E-state index contributed by atoms with van der Waals surface area (Å²) in [6.07, 6.45) is 5.43. The largest absolute Gasteiger partial charge is 0.506 e. The first kappa shape index (κ1) is 16.8. The highest BCUT2D eigenvalue weighted by molar-refractivity contribution is 7.13. The predicted molar refractivity (Wildman–Crippen MR) is 101 cm³/mol. The molecule has 4 rings (SSSR count). The van der Waals surface area contributed by atoms with E-state index >= 15 is 0 Å². The average Bonchev–Trinajstić information content (AvgIpc) is 3.39. The molecule has 1 unspecified atom stereocenters. The molecule has 0 fully saturated rings. The molecule has 7 nitrogen and oxygen atoms in total. The molecule has 0 aliphatic rings. The van der Waals surface area contributed by atoms with Gasteiger partial charge in [0.05, 0.1) is 16.7 Å². The van der Waals surface area contributed by atoms with Crippen molar-refractivity contribution in [3.63, 3.8) is 0 Å². The highest BCUT2D eigenvalue weighted by atomic mass is 32.1. The van der Waals surface area contributed by atoms with Gasteiger partial charge in [-0.3, -0.25) is 5.32 Å². The van der Waals surface area contributed by atoms with Gasteiger partial charge in [-0.15, -0.1) is 11.3 Å². The number of aromatic amines is 1. The van der Waals surface area contributed by atoms with E-state index in [4.69, 9.17) is 0 Å². The topological polar surface area (TPSA) is 99.0 Å². The first-order valence-electron chi connectivity index (χ1n) is 8.35.